The highest BCUT2D eigenvalue weighted by Crippen LogP contribution is 2.19. The van der Waals surface area contributed by atoms with E-state index in [-0.39, 0.29) is 0 Å². The number of nitrogens with zero attached hydrogens (tertiary/aromatic N) is 2. The molecular formula is C13H25N3. The molecule has 0 fully saturated rings. The molecule has 0 saturated carbocycles. The summed E-state index contributed by atoms with van der Waals surface area (Å²) in [7, 11) is 0. The van der Waals surface area contributed by atoms with Gasteiger partial charge in [-0.15, -0.1) is 0 Å². The van der Waals surface area contributed by atoms with Gasteiger partial charge >= 0.3 is 0 Å². The first-order valence-corrected chi connectivity index (χ1v) is 6.40. The van der Waals surface area contributed by atoms with Crippen LogP contribution in [0.15, 0.2) is 0 Å². The lowest BCUT2D eigenvalue weighted by Crippen LogP contribution is -2.26. The first-order valence-electron chi connectivity index (χ1n) is 6.40. The van der Waals surface area contributed by atoms with Gasteiger partial charge in [0.05, 0.1) is 11.7 Å². The molecule has 92 valence electrons. The summed E-state index contributed by atoms with van der Waals surface area (Å²) in [5.74, 6) is 0. The largest absolute Gasteiger partial charge is 0.315 e. The summed E-state index contributed by atoms with van der Waals surface area (Å²) >= 11 is 0. The van der Waals surface area contributed by atoms with E-state index in [0.717, 1.165) is 25.9 Å². The quantitative estimate of drug-likeness (QED) is 0.803. The minimum atomic E-state index is 0.485. The molecule has 1 N–H and O–H groups in total. The van der Waals surface area contributed by atoms with Crippen molar-refractivity contribution in [2.24, 2.45) is 0 Å². The van der Waals surface area contributed by atoms with Crippen LogP contribution in [0.4, 0.5) is 0 Å². The van der Waals surface area contributed by atoms with Gasteiger partial charge in [-0.2, -0.15) is 5.10 Å². The Morgan fingerprint density at radius 2 is 1.94 bits per heavy atom. The lowest BCUT2D eigenvalue weighted by atomic mass is 10.1. The van der Waals surface area contributed by atoms with E-state index >= 15 is 0 Å². The van der Waals surface area contributed by atoms with E-state index < -0.39 is 0 Å². The highest BCUT2D eigenvalue weighted by molar-refractivity contribution is 5.24. The average Bonchev–Trinajstić information content (AvgIpc) is 2.55. The van der Waals surface area contributed by atoms with Gasteiger partial charge in [0.1, 0.15) is 0 Å². The van der Waals surface area contributed by atoms with E-state index in [1.165, 1.54) is 17.0 Å². The van der Waals surface area contributed by atoms with Gasteiger partial charge in [0.2, 0.25) is 0 Å². The Morgan fingerprint density at radius 3 is 2.38 bits per heavy atom. The van der Waals surface area contributed by atoms with E-state index in [2.05, 4.69) is 49.7 Å². The second kappa shape index (κ2) is 6.04. The third-order valence-corrected chi connectivity index (χ3v) is 3.28. The van der Waals surface area contributed by atoms with Crippen LogP contribution in [0.2, 0.25) is 0 Å². The standard InChI is InChI=1S/C13H25N3/c1-6-12(9-14-8-3)16-11(5)13(7-2)10(4)15-16/h12,14H,6-9H2,1-5H3. The van der Waals surface area contributed by atoms with E-state index in [4.69, 9.17) is 0 Å². The second-order valence-electron chi connectivity index (χ2n) is 4.32. The fourth-order valence-electron chi connectivity index (χ4n) is 2.28. The van der Waals surface area contributed by atoms with Crippen LogP contribution in [0, 0.1) is 13.8 Å². The Morgan fingerprint density at radius 1 is 1.25 bits per heavy atom. The summed E-state index contributed by atoms with van der Waals surface area (Å²) in [6, 6.07) is 0.485. The first-order chi connectivity index (χ1) is 7.65. The van der Waals surface area contributed by atoms with Crippen molar-refractivity contribution in [1.29, 1.82) is 0 Å². The van der Waals surface area contributed by atoms with Crippen LogP contribution in [-0.4, -0.2) is 22.9 Å². The van der Waals surface area contributed by atoms with Gasteiger partial charge in [-0.25, -0.2) is 0 Å². The van der Waals surface area contributed by atoms with Crippen molar-refractivity contribution in [2.45, 2.75) is 53.5 Å². The maximum atomic E-state index is 4.68. The summed E-state index contributed by atoms with van der Waals surface area (Å²) in [4.78, 5) is 0. The molecule has 3 nitrogen and oxygen atoms in total. The van der Waals surface area contributed by atoms with Gasteiger partial charge < -0.3 is 5.32 Å². The van der Waals surface area contributed by atoms with Crippen molar-refractivity contribution in [3.8, 4) is 0 Å². The third kappa shape index (κ3) is 2.64. The zero-order valence-corrected chi connectivity index (χ0v) is 11.3. The van der Waals surface area contributed by atoms with E-state index in [9.17, 15) is 0 Å². The SMILES string of the molecule is CCNCC(CC)n1nc(C)c(CC)c1C. The maximum absolute atomic E-state index is 4.68. The fourth-order valence-corrected chi connectivity index (χ4v) is 2.28. The number of hydrogen-bond donors (Lipinski definition) is 1. The van der Waals surface area contributed by atoms with Gasteiger partial charge in [-0.05, 0) is 38.8 Å². The molecule has 1 atom stereocenters. The van der Waals surface area contributed by atoms with Gasteiger partial charge in [-0.1, -0.05) is 20.8 Å². The molecule has 0 aliphatic carbocycles. The van der Waals surface area contributed by atoms with Crippen LogP contribution >= 0.6 is 0 Å². The predicted molar refractivity (Wildman–Crippen MR) is 69.0 cm³/mol. The summed E-state index contributed by atoms with van der Waals surface area (Å²) in [6.45, 7) is 12.9. The molecule has 0 spiro atoms. The monoisotopic (exact) mass is 223 g/mol. The van der Waals surface area contributed by atoms with Crippen LogP contribution in [0.25, 0.3) is 0 Å². The van der Waals surface area contributed by atoms with Crippen molar-refractivity contribution < 1.29 is 0 Å². The third-order valence-electron chi connectivity index (χ3n) is 3.28. The Hall–Kier alpha value is -0.830. The molecule has 16 heavy (non-hydrogen) atoms. The van der Waals surface area contributed by atoms with Crippen molar-refractivity contribution in [1.82, 2.24) is 15.1 Å². The number of hydrogen-bond acceptors (Lipinski definition) is 2. The molecule has 0 aliphatic rings. The molecule has 3 heteroatoms. The molecule has 1 heterocycles. The second-order valence-corrected chi connectivity index (χ2v) is 4.32. The van der Waals surface area contributed by atoms with Crippen molar-refractivity contribution in [2.75, 3.05) is 13.1 Å². The minimum Gasteiger partial charge on any atom is -0.315 e. The smallest absolute Gasteiger partial charge is 0.0644 e. The summed E-state index contributed by atoms with van der Waals surface area (Å²) < 4.78 is 2.21. The molecule has 1 rings (SSSR count). The van der Waals surface area contributed by atoms with Crippen molar-refractivity contribution >= 4 is 0 Å². The molecule has 0 radical (unpaired) electrons. The predicted octanol–water partition coefficient (Wildman–Crippen LogP) is 2.62. The topological polar surface area (TPSA) is 29.9 Å². The number of aromatic nitrogens is 2. The number of rotatable bonds is 6. The molecule has 0 amide bonds. The summed E-state index contributed by atoms with van der Waals surface area (Å²) in [6.07, 6.45) is 2.20. The molecule has 0 aromatic carbocycles. The Bertz CT molecular complexity index is 328. The van der Waals surface area contributed by atoms with Gasteiger partial charge in [0.25, 0.3) is 0 Å². The van der Waals surface area contributed by atoms with Crippen molar-refractivity contribution in [3.63, 3.8) is 0 Å². The zero-order chi connectivity index (χ0) is 12.1. The zero-order valence-electron chi connectivity index (χ0n) is 11.3. The first kappa shape index (κ1) is 13.2. The average molecular weight is 223 g/mol. The molecular weight excluding hydrogens is 198 g/mol. The Labute approximate surface area is 99.2 Å². The molecule has 1 aromatic heterocycles. The van der Waals surface area contributed by atoms with Gasteiger partial charge in [0, 0.05) is 12.2 Å². The number of aryl methyl sites for hydroxylation is 1. The van der Waals surface area contributed by atoms with Crippen LogP contribution in [-0.2, 0) is 6.42 Å². The highest BCUT2D eigenvalue weighted by atomic mass is 15.3. The molecule has 0 aliphatic heterocycles. The maximum Gasteiger partial charge on any atom is 0.0644 e. The number of nitrogens with one attached hydrogen (secondary N) is 1. The van der Waals surface area contributed by atoms with E-state index in [0.29, 0.717) is 6.04 Å². The van der Waals surface area contributed by atoms with Crippen LogP contribution < -0.4 is 5.32 Å². The lowest BCUT2D eigenvalue weighted by Gasteiger charge is -2.18. The molecule has 1 unspecified atom stereocenters. The Balaban J connectivity index is 2.92. The van der Waals surface area contributed by atoms with Gasteiger partial charge in [-0.3, -0.25) is 4.68 Å². The fraction of sp³-hybridized carbons (Fsp3) is 0.769. The van der Waals surface area contributed by atoms with Crippen LogP contribution in [0.3, 0.4) is 0 Å². The molecule has 0 bridgehead atoms. The highest BCUT2D eigenvalue weighted by Gasteiger charge is 2.15. The summed E-state index contributed by atoms with van der Waals surface area (Å²) in [5.41, 5.74) is 3.94. The van der Waals surface area contributed by atoms with E-state index in [1.54, 1.807) is 0 Å². The number of likely N-dealkylation sites (N-methyl/N-ethyl adjacent to an activating group) is 1. The normalized spacial score (nSPS) is 13.1. The van der Waals surface area contributed by atoms with E-state index in [1.807, 2.05) is 0 Å². The summed E-state index contributed by atoms with van der Waals surface area (Å²) in [5, 5.41) is 8.09. The molecule has 0 saturated heterocycles. The Kier molecular flexibility index (Phi) is 5.00. The van der Waals surface area contributed by atoms with Crippen LogP contribution in [0.5, 0.6) is 0 Å². The van der Waals surface area contributed by atoms with Crippen LogP contribution in [0.1, 0.15) is 50.2 Å². The molecule has 1 aromatic rings. The van der Waals surface area contributed by atoms with Crippen molar-refractivity contribution in [3.05, 3.63) is 17.0 Å². The van der Waals surface area contributed by atoms with Gasteiger partial charge in [0.15, 0.2) is 0 Å². The lowest BCUT2D eigenvalue weighted by molar-refractivity contribution is 0.407. The minimum absolute atomic E-state index is 0.485.